The summed E-state index contributed by atoms with van der Waals surface area (Å²) in [6.45, 7) is 2.46. The third-order valence-electron chi connectivity index (χ3n) is 13.8. The molecular weight excluding hydrogens is 795 g/mol. The Morgan fingerprint density at radius 1 is 0.469 bits per heavy atom. The first kappa shape index (κ1) is 36.9. The number of furan rings is 1. The normalized spacial score (nSPS) is 16.5. The summed E-state index contributed by atoms with van der Waals surface area (Å²) in [7, 11) is 0. The Bertz CT molecular complexity index is 3720. The van der Waals surface area contributed by atoms with E-state index in [1.54, 1.807) is 0 Å². The Labute approximate surface area is 376 Å². The van der Waals surface area contributed by atoms with Crippen LogP contribution in [0.4, 0.5) is 11.4 Å². The molecule has 3 heteroatoms. The van der Waals surface area contributed by atoms with Gasteiger partial charge in [0.15, 0.2) is 5.58 Å². The zero-order valence-corrected chi connectivity index (χ0v) is 36.0. The molecule has 0 spiro atoms. The summed E-state index contributed by atoms with van der Waals surface area (Å²) in [6.07, 6.45) is 7.44. The lowest BCUT2D eigenvalue weighted by Crippen LogP contribution is -2.33. The average Bonchev–Trinajstić information content (AvgIpc) is 3.93. The Morgan fingerprint density at radius 3 is 1.86 bits per heavy atom. The summed E-state index contributed by atoms with van der Waals surface area (Å²) >= 11 is 1.89. The zero-order valence-electron chi connectivity index (χ0n) is 35.2. The van der Waals surface area contributed by atoms with Crippen molar-refractivity contribution in [3.63, 3.8) is 0 Å². The molecule has 0 bridgehead atoms. The van der Waals surface area contributed by atoms with E-state index in [2.05, 4.69) is 236 Å². The van der Waals surface area contributed by atoms with Crippen molar-refractivity contribution in [2.45, 2.75) is 18.3 Å². The topological polar surface area (TPSA) is 16.4 Å². The quantitative estimate of drug-likeness (QED) is 0.176. The van der Waals surface area contributed by atoms with E-state index in [4.69, 9.17) is 4.42 Å². The lowest BCUT2D eigenvalue weighted by molar-refractivity contribution is 0.523. The second-order valence-corrected chi connectivity index (χ2v) is 18.4. The van der Waals surface area contributed by atoms with Gasteiger partial charge in [-0.25, -0.2) is 0 Å². The van der Waals surface area contributed by atoms with Crippen molar-refractivity contribution in [1.29, 1.82) is 0 Å². The smallest absolute Gasteiger partial charge is 0.159 e. The highest BCUT2D eigenvalue weighted by molar-refractivity contribution is 7.25. The van der Waals surface area contributed by atoms with E-state index in [1.807, 2.05) is 11.3 Å². The van der Waals surface area contributed by atoms with Crippen molar-refractivity contribution in [3.8, 4) is 44.5 Å². The Hall–Kier alpha value is -7.72. The Kier molecular flexibility index (Phi) is 8.31. The van der Waals surface area contributed by atoms with Gasteiger partial charge in [0.2, 0.25) is 0 Å². The van der Waals surface area contributed by atoms with Crippen molar-refractivity contribution in [3.05, 3.63) is 241 Å². The van der Waals surface area contributed by atoms with Crippen LogP contribution in [0.1, 0.15) is 24.0 Å². The van der Waals surface area contributed by atoms with E-state index in [-0.39, 0.29) is 5.92 Å². The molecule has 13 rings (SSSR count). The number of anilines is 2. The first-order valence-corrected chi connectivity index (χ1v) is 22.9. The molecule has 2 aliphatic rings. The largest absolute Gasteiger partial charge is 0.454 e. The SMILES string of the molecule is CC12C=CC(N(c3ccccc3-c3ccccc3)c3cccc4c3oc3ccccc34)=CC1c1cc3sc4ccccc4c3cc1-c1ccccc1-c1ccccc1-c1ccccc12. The van der Waals surface area contributed by atoms with Crippen LogP contribution in [0.25, 0.3) is 86.6 Å². The minimum absolute atomic E-state index is 0.0853. The van der Waals surface area contributed by atoms with Gasteiger partial charge < -0.3 is 9.32 Å². The van der Waals surface area contributed by atoms with Crippen LogP contribution < -0.4 is 4.90 Å². The highest BCUT2D eigenvalue weighted by atomic mass is 32.1. The van der Waals surface area contributed by atoms with Crippen LogP contribution in [0.15, 0.2) is 235 Å². The summed E-state index contributed by atoms with van der Waals surface area (Å²) in [5.74, 6) is -0.0853. The third kappa shape index (κ3) is 5.57. The van der Waals surface area contributed by atoms with Crippen molar-refractivity contribution < 1.29 is 4.42 Å². The van der Waals surface area contributed by atoms with Crippen LogP contribution in [0.2, 0.25) is 0 Å². The summed E-state index contributed by atoms with van der Waals surface area (Å²) in [5, 5.41) is 4.81. The molecular formula is C61H41NOS. The Balaban J connectivity index is 1.15. The van der Waals surface area contributed by atoms with Gasteiger partial charge in [-0.15, -0.1) is 11.3 Å². The fourth-order valence-corrected chi connectivity index (χ4v) is 11.9. The van der Waals surface area contributed by atoms with Gasteiger partial charge in [0.05, 0.1) is 11.4 Å². The maximum Gasteiger partial charge on any atom is 0.159 e. The number of hydrogen-bond acceptors (Lipinski definition) is 3. The van der Waals surface area contributed by atoms with E-state index in [0.29, 0.717) is 0 Å². The molecule has 2 atom stereocenters. The number of thiophene rings is 1. The molecule has 2 nitrogen and oxygen atoms in total. The predicted molar refractivity (Wildman–Crippen MR) is 271 cm³/mol. The van der Waals surface area contributed by atoms with Crippen LogP contribution >= 0.6 is 11.3 Å². The molecule has 2 unspecified atom stereocenters. The molecule has 0 saturated heterocycles. The molecule has 0 radical (unpaired) electrons. The van der Waals surface area contributed by atoms with Gasteiger partial charge in [-0.1, -0.05) is 189 Å². The van der Waals surface area contributed by atoms with Crippen molar-refractivity contribution in [1.82, 2.24) is 0 Å². The van der Waals surface area contributed by atoms with Crippen LogP contribution in [-0.4, -0.2) is 0 Å². The van der Waals surface area contributed by atoms with Gasteiger partial charge in [-0.05, 0) is 92.5 Å². The molecule has 0 N–H and O–H groups in total. The van der Waals surface area contributed by atoms with E-state index >= 15 is 0 Å². The van der Waals surface area contributed by atoms with Crippen molar-refractivity contribution in [2.24, 2.45) is 0 Å². The van der Waals surface area contributed by atoms with Gasteiger partial charge in [0.1, 0.15) is 5.58 Å². The zero-order chi connectivity index (χ0) is 42.4. The van der Waals surface area contributed by atoms with Gasteiger partial charge >= 0.3 is 0 Å². The van der Waals surface area contributed by atoms with Gasteiger partial charge in [-0.2, -0.15) is 0 Å². The molecule has 0 fully saturated rings. The van der Waals surface area contributed by atoms with E-state index in [1.165, 1.54) is 64.7 Å². The van der Waals surface area contributed by atoms with E-state index in [9.17, 15) is 0 Å². The first-order chi connectivity index (χ1) is 31.6. The maximum atomic E-state index is 6.88. The van der Waals surface area contributed by atoms with Crippen LogP contribution in [-0.2, 0) is 5.41 Å². The van der Waals surface area contributed by atoms with E-state index < -0.39 is 5.41 Å². The molecule has 2 aromatic heterocycles. The molecule has 2 heterocycles. The molecule has 0 saturated carbocycles. The van der Waals surface area contributed by atoms with Crippen LogP contribution in [0, 0.1) is 0 Å². The minimum atomic E-state index is -0.450. The number of nitrogens with zero attached hydrogens (tertiary/aromatic N) is 1. The summed E-state index contributed by atoms with van der Waals surface area (Å²) in [6, 6.07) is 75.6. The molecule has 0 amide bonds. The standard InChI is InChI=1S/C61H41NOS/c1-61-35-34-40(62(55-30-14-10-20-41(55)39-18-3-2-4-19-39)56-31-17-28-49-47-26-11-15-32-57(47)63-60(49)56)36-54(61)51-38-59-52(48-27-12-16-33-58(48)64-59)37-50(51)45-24-8-6-22-43(45)42-21-5-7-23-44(42)46-25-9-13-29-53(46)61/h2-38,54H,1H3. The lowest BCUT2D eigenvalue weighted by atomic mass is 9.63. The number of benzene rings is 9. The molecule has 64 heavy (non-hydrogen) atoms. The minimum Gasteiger partial charge on any atom is -0.454 e. The van der Waals surface area contributed by atoms with Gasteiger partial charge in [0.25, 0.3) is 0 Å². The van der Waals surface area contributed by atoms with Gasteiger partial charge in [-0.3, -0.25) is 0 Å². The third-order valence-corrected chi connectivity index (χ3v) is 14.9. The molecule has 9 aromatic carbocycles. The number of hydrogen-bond donors (Lipinski definition) is 0. The fraction of sp³-hybridized carbons (Fsp3) is 0.0492. The number of para-hydroxylation sites is 3. The highest BCUT2D eigenvalue weighted by Crippen LogP contribution is 2.55. The number of allylic oxidation sites excluding steroid dienone is 3. The number of rotatable bonds is 4. The molecule has 2 aliphatic carbocycles. The first-order valence-electron chi connectivity index (χ1n) is 22.1. The average molecular weight is 836 g/mol. The second kappa shape index (κ2) is 14.4. The van der Waals surface area contributed by atoms with E-state index in [0.717, 1.165) is 50.1 Å². The van der Waals surface area contributed by atoms with Crippen molar-refractivity contribution >= 4 is 64.8 Å². The second-order valence-electron chi connectivity index (χ2n) is 17.3. The van der Waals surface area contributed by atoms with Crippen LogP contribution in [0.3, 0.4) is 0 Å². The van der Waals surface area contributed by atoms with Crippen molar-refractivity contribution in [2.75, 3.05) is 4.90 Å². The van der Waals surface area contributed by atoms with Gasteiger partial charge in [0, 0.05) is 53.5 Å². The summed E-state index contributed by atoms with van der Waals surface area (Å²) in [4.78, 5) is 2.45. The highest BCUT2D eigenvalue weighted by Gasteiger charge is 2.41. The monoisotopic (exact) mass is 835 g/mol. The summed E-state index contributed by atoms with van der Waals surface area (Å²) < 4.78 is 9.48. The lowest BCUT2D eigenvalue weighted by Gasteiger charge is -2.42. The predicted octanol–water partition coefficient (Wildman–Crippen LogP) is 17.3. The molecule has 0 aliphatic heterocycles. The fourth-order valence-electron chi connectivity index (χ4n) is 10.8. The number of fused-ring (bicyclic) bond motifs is 16. The Morgan fingerprint density at radius 2 is 1.06 bits per heavy atom. The summed E-state index contributed by atoms with van der Waals surface area (Å²) in [5.41, 5.74) is 16.9. The maximum absolute atomic E-state index is 6.88. The molecule has 302 valence electrons. The van der Waals surface area contributed by atoms with Crippen LogP contribution in [0.5, 0.6) is 0 Å². The molecule has 11 aromatic rings.